The summed E-state index contributed by atoms with van der Waals surface area (Å²) in [5.41, 5.74) is 0.119. The van der Waals surface area contributed by atoms with Crippen LogP contribution in [0.25, 0.3) is 0 Å². The molecule has 5 nitrogen and oxygen atoms in total. The Balaban J connectivity index is 1.97. The lowest BCUT2D eigenvalue weighted by atomic mass is 9.87. The van der Waals surface area contributed by atoms with Crippen LogP contribution < -0.4 is 5.32 Å². The highest BCUT2D eigenvalue weighted by Gasteiger charge is 2.39. The fourth-order valence-corrected chi connectivity index (χ4v) is 3.09. The highest BCUT2D eigenvalue weighted by molar-refractivity contribution is 5.83. The Morgan fingerprint density at radius 1 is 1.28 bits per heavy atom. The predicted octanol–water partition coefficient (Wildman–Crippen LogP) is 1.82. The third-order valence-electron chi connectivity index (χ3n) is 4.35. The second-order valence-corrected chi connectivity index (χ2v) is 6.07. The largest absolute Gasteiger partial charge is 0.480 e. The normalized spacial score (nSPS) is 30.4. The van der Waals surface area contributed by atoms with E-state index in [0.717, 1.165) is 25.7 Å². The van der Waals surface area contributed by atoms with Gasteiger partial charge in [-0.1, -0.05) is 20.3 Å². The van der Waals surface area contributed by atoms with Crippen molar-refractivity contribution in [3.8, 4) is 0 Å². The number of carbonyl (C=O) groups is 2. The van der Waals surface area contributed by atoms with Gasteiger partial charge in [-0.15, -0.1) is 0 Å². The molecular formula is C13H22N2O3. The Morgan fingerprint density at radius 2 is 2.00 bits per heavy atom. The van der Waals surface area contributed by atoms with Gasteiger partial charge in [-0.25, -0.2) is 9.59 Å². The average molecular weight is 254 g/mol. The molecule has 0 radical (unpaired) electrons. The molecule has 102 valence electrons. The lowest BCUT2D eigenvalue weighted by Gasteiger charge is -2.31. The number of carboxylic acids is 1. The molecule has 2 amide bonds. The van der Waals surface area contributed by atoms with Crippen molar-refractivity contribution in [1.29, 1.82) is 0 Å². The first-order chi connectivity index (χ1) is 8.42. The first kappa shape index (κ1) is 13.2. The minimum Gasteiger partial charge on any atom is -0.480 e. The molecule has 18 heavy (non-hydrogen) atoms. The second kappa shape index (κ2) is 4.78. The minimum absolute atomic E-state index is 0.119. The number of carbonyl (C=O) groups excluding carboxylic acids is 1. The number of nitrogens with one attached hydrogen (secondary N) is 1. The lowest BCUT2D eigenvalue weighted by molar-refractivity contribution is -0.141. The number of amides is 2. The number of hydrogen-bond donors (Lipinski definition) is 2. The van der Waals surface area contributed by atoms with E-state index in [9.17, 15) is 9.59 Å². The molecule has 2 atom stereocenters. The van der Waals surface area contributed by atoms with Crippen molar-refractivity contribution in [2.24, 2.45) is 5.41 Å². The van der Waals surface area contributed by atoms with Crippen molar-refractivity contribution in [2.45, 2.75) is 58.0 Å². The van der Waals surface area contributed by atoms with E-state index >= 15 is 0 Å². The number of rotatable bonds is 2. The van der Waals surface area contributed by atoms with Crippen LogP contribution in [-0.2, 0) is 4.79 Å². The molecule has 2 fully saturated rings. The van der Waals surface area contributed by atoms with E-state index < -0.39 is 12.0 Å². The van der Waals surface area contributed by atoms with E-state index in [-0.39, 0.29) is 17.5 Å². The molecule has 2 N–H and O–H groups in total. The summed E-state index contributed by atoms with van der Waals surface area (Å²) in [6, 6.07) is -0.686. The standard InChI is InChI=1S/C13H22N2O3/c1-13(2)7-3-6-10(13)14-12(18)15-8-4-5-9(15)11(16)17/h9-10H,3-8H2,1-2H3,(H,14,18)(H,16,17). The summed E-state index contributed by atoms with van der Waals surface area (Å²) < 4.78 is 0. The summed E-state index contributed by atoms with van der Waals surface area (Å²) in [4.78, 5) is 24.7. The third kappa shape index (κ3) is 2.44. The molecule has 0 spiro atoms. The van der Waals surface area contributed by atoms with E-state index in [1.165, 1.54) is 4.90 Å². The van der Waals surface area contributed by atoms with Gasteiger partial charge in [-0.2, -0.15) is 0 Å². The zero-order valence-corrected chi connectivity index (χ0v) is 11.1. The van der Waals surface area contributed by atoms with Crippen molar-refractivity contribution in [2.75, 3.05) is 6.54 Å². The molecule has 1 saturated heterocycles. The van der Waals surface area contributed by atoms with Crippen LogP contribution >= 0.6 is 0 Å². The van der Waals surface area contributed by atoms with Gasteiger partial charge in [0.25, 0.3) is 0 Å². The molecule has 1 saturated carbocycles. The highest BCUT2D eigenvalue weighted by Crippen LogP contribution is 2.37. The van der Waals surface area contributed by atoms with Crippen molar-refractivity contribution in [3.63, 3.8) is 0 Å². The zero-order valence-electron chi connectivity index (χ0n) is 11.1. The van der Waals surface area contributed by atoms with Gasteiger partial charge in [0.05, 0.1) is 0 Å². The molecular weight excluding hydrogens is 232 g/mol. The summed E-state index contributed by atoms with van der Waals surface area (Å²) in [6.45, 7) is 4.86. The van der Waals surface area contributed by atoms with Crippen LogP contribution in [0.2, 0.25) is 0 Å². The lowest BCUT2D eigenvalue weighted by Crippen LogP contribution is -2.51. The molecule has 1 aliphatic carbocycles. The van der Waals surface area contributed by atoms with Gasteiger partial charge in [0.2, 0.25) is 0 Å². The van der Waals surface area contributed by atoms with E-state index in [4.69, 9.17) is 5.11 Å². The van der Waals surface area contributed by atoms with Crippen molar-refractivity contribution < 1.29 is 14.7 Å². The number of nitrogens with zero attached hydrogens (tertiary/aromatic N) is 1. The Kier molecular flexibility index (Phi) is 3.50. The van der Waals surface area contributed by atoms with Crippen LogP contribution in [0.3, 0.4) is 0 Å². The summed E-state index contributed by atoms with van der Waals surface area (Å²) in [5, 5.41) is 12.1. The quantitative estimate of drug-likeness (QED) is 0.789. The number of carboxylic acid groups (broad SMARTS) is 1. The topological polar surface area (TPSA) is 69.6 Å². The van der Waals surface area contributed by atoms with Gasteiger partial charge in [-0.3, -0.25) is 0 Å². The van der Waals surface area contributed by atoms with Gasteiger partial charge in [0.1, 0.15) is 6.04 Å². The predicted molar refractivity (Wildman–Crippen MR) is 67.3 cm³/mol. The van der Waals surface area contributed by atoms with Crippen molar-refractivity contribution >= 4 is 12.0 Å². The molecule has 2 aliphatic rings. The van der Waals surface area contributed by atoms with Gasteiger partial charge in [0.15, 0.2) is 0 Å². The van der Waals surface area contributed by atoms with Gasteiger partial charge >= 0.3 is 12.0 Å². The fourth-order valence-electron chi connectivity index (χ4n) is 3.09. The molecule has 0 aromatic heterocycles. The number of hydrogen-bond acceptors (Lipinski definition) is 2. The smallest absolute Gasteiger partial charge is 0.326 e. The molecule has 2 rings (SSSR count). The first-order valence-corrected chi connectivity index (χ1v) is 6.72. The molecule has 1 aliphatic heterocycles. The Labute approximate surface area is 108 Å². The molecule has 0 bridgehead atoms. The Morgan fingerprint density at radius 3 is 2.56 bits per heavy atom. The van der Waals surface area contributed by atoms with Crippen LogP contribution in [0.15, 0.2) is 0 Å². The van der Waals surface area contributed by atoms with E-state index in [1.54, 1.807) is 0 Å². The van der Waals surface area contributed by atoms with Crippen LogP contribution in [-0.4, -0.2) is 40.6 Å². The summed E-state index contributed by atoms with van der Waals surface area (Å²) >= 11 is 0. The van der Waals surface area contributed by atoms with Gasteiger partial charge in [0, 0.05) is 12.6 Å². The number of likely N-dealkylation sites (tertiary alicyclic amines) is 1. The van der Waals surface area contributed by atoms with Gasteiger partial charge < -0.3 is 15.3 Å². The number of urea groups is 1. The summed E-state index contributed by atoms with van der Waals surface area (Å²) in [6.07, 6.45) is 4.57. The summed E-state index contributed by atoms with van der Waals surface area (Å²) in [7, 11) is 0. The van der Waals surface area contributed by atoms with Crippen molar-refractivity contribution in [1.82, 2.24) is 10.2 Å². The van der Waals surface area contributed by atoms with Crippen LogP contribution in [0, 0.1) is 5.41 Å². The van der Waals surface area contributed by atoms with Gasteiger partial charge in [-0.05, 0) is 31.1 Å². The molecule has 1 heterocycles. The highest BCUT2D eigenvalue weighted by atomic mass is 16.4. The first-order valence-electron chi connectivity index (χ1n) is 6.72. The van der Waals surface area contributed by atoms with E-state index in [1.807, 2.05) is 0 Å². The van der Waals surface area contributed by atoms with Crippen LogP contribution in [0.4, 0.5) is 4.79 Å². The van der Waals surface area contributed by atoms with Crippen molar-refractivity contribution in [3.05, 3.63) is 0 Å². The maximum absolute atomic E-state index is 12.2. The molecule has 5 heteroatoms. The van der Waals surface area contributed by atoms with Crippen LogP contribution in [0.1, 0.15) is 46.0 Å². The van der Waals surface area contributed by atoms with E-state index in [2.05, 4.69) is 19.2 Å². The average Bonchev–Trinajstić information content (AvgIpc) is 2.86. The second-order valence-electron chi connectivity index (χ2n) is 6.07. The third-order valence-corrected chi connectivity index (χ3v) is 4.35. The summed E-state index contributed by atoms with van der Waals surface area (Å²) in [5.74, 6) is -0.895. The molecule has 0 aromatic rings. The number of aliphatic carboxylic acids is 1. The fraction of sp³-hybridized carbons (Fsp3) is 0.846. The van der Waals surface area contributed by atoms with Crippen LogP contribution in [0.5, 0.6) is 0 Å². The zero-order chi connectivity index (χ0) is 13.3. The molecule has 2 unspecified atom stereocenters. The molecule has 0 aromatic carbocycles. The Hall–Kier alpha value is -1.26. The van der Waals surface area contributed by atoms with E-state index in [0.29, 0.717) is 13.0 Å². The maximum Gasteiger partial charge on any atom is 0.326 e. The SMILES string of the molecule is CC1(C)CCCC1NC(=O)N1CCCC1C(=O)O. The minimum atomic E-state index is -0.895. The maximum atomic E-state index is 12.2. The Bertz CT molecular complexity index is 354. The monoisotopic (exact) mass is 254 g/mol.